The maximum atomic E-state index is 12.2. The first-order valence-electron chi connectivity index (χ1n) is 12.3. The summed E-state index contributed by atoms with van der Waals surface area (Å²) in [6, 6.07) is 5.70. The summed E-state index contributed by atoms with van der Waals surface area (Å²) in [5, 5.41) is 14.8. The van der Waals surface area contributed by atoms with E-state index in [0.717, 1.165) is 19.3 Å². The summed E-state index contributed by atoms with van der Waals surface area (Å²) in [6.07, 6.45) is 2.83. The van der Waals surface area contributed by atoms with Crippen molar-refractivity contribution in [1.29, 1.82) is 0 Å². The van der Waals surface area contributed by atoms with Crippen LogP contribution in [0.3, 0.4) is 0 Å². The van der Waals surface area contributed by atoms with Crippen LogP contribution in [0.5, 0.6) is 5.75 Å². The molecule has 0 spiro atoms. The van der Waals surface area contributed by atoms with Gasteiger partial charge in [-0.05, 0) is 51.3 Å². The molecule has 0 fully saturated rings. The Morgan fingerprint density at radius 2 is 1.64 bits per heavy atom. The molecule has 202 valence electrons. The highest BCUT2D eigenvalue weighted by Gasteiger charge is 2.22. The first-order valence-corrected chi connectivity index (χ1v) is 12.3. The average molecular weight is 509 g/mol. The van der Waals surface area contributed by atoms with Crippen LogP contribution in [0.15, 0.2) is 24.3 Å². The second-order valence-corrected chi connectivity index (χ2v) is 9.48. The molecule has 2 unspecified atom stereocenters. The van der Waals surface area contributed by atoms with E-state index in [1.165, 1.54) is 7.11 Å². The Morgan fingerprint density at radius 3 is 2.19 bits per heavy atom. The van der Waals surface area contributed by atoms with Crippen LogP contribution in [-0.2, 0) is 30.3 Å². The monoisotopic (exact) mass is 508 g/mol. The number of methoxy groups -OCH3 is 1. The van der Waals surface area contributed by atoms with Crippen molar-refractivity contribution in [3.63, 3.8) is 0 Å². The summed E-state index contributed by atoms with van der Waals surface area (Å²) in [5.41, 5.74) is 0.0594. The van der Waals surface area contributed by atoms with Crippen molar-refractivity contribution in [1.82, 2.24) is 10.6 Å². The number of nitrogens with one attached hydrogen (secondary N) is 2. The number of unbranched alkanes of at least 4 members (excludes halogenated alkanes) is 2. The summed E-state index contributed by atoms with van der Waals surface area (Å²) in [4.78, 5) is 47.1. The summed E-state index contributed by atoms with van der Waals surface area (Å²) in [6.45, 7) is 7.44. The smallest absolute Gasteiger partial charge is 0.410 e. The number of rotatable bonds is 15. The Bertz CT molecular complexity index is 848. The third-order valence-corrected chi connectivity index (χ3v) is 5.03. The third kappa shape index (κ3) is 13.6. The third-order valence-electron chi connectivity index (χ3n) is 5.03. The number of benzene rings is 1. The number of ether oxygens (including phenoxy) is 3. The number of hydrogen-bond donors (Lipinski definition) is 3. The van der Waals surface area contributed by atoms with E-state index in [2.05, 4.69) is 22.3 Å². The van der Waals surface area contributed by atoms with Gasteiger partial charge in [-0.3, -0.25) is 14.9 Å². The lowest BCUT2D eigenvalue weighted by molar-refractivity contribution is -0.142. The van der Waals surface area contributed by atoms with Crippen LogP contribution in [0.2, 0.25) is 0 Å². The molecule has 1 aromatic rings. The zero-order valence-electron chi connectivity index (χ0n) is 21.9. The molecule has 0 aromatic heterocycles. The zero-order valence-corrected chi connectivity index (χ0v) is 21.9. The molecular formula is C26H40N2O8. The number of alkyl carbamates (subject to hydrolysis) is 1. The molecule has 0 saturated heterocycles. The number of amides is 2. The van der Waals surface area contributed by atoms with Gasteiger partial charge in [-0.1, -0.05) is 31.9 Å². The van der Waals surface area contributed by atoms with Gasteiger partial charge in [0.05, 0.1) is 7.11 Å². The van der Waals surface area contributed by atoms with E-state index in [-0.39, 0.29) is 25.7 Å². The van der Waals surface area contributed by atoms with Gasteiger partial charge in [-0.25, -0.2) is 9.59 Å². The molecule has 0 aliphatic rings. The topological polar surface area (TPSA) is 140 Å². The number of carboxylic acids is 1. The van der Waals surface area contributed by atoms with Crippen molar-refractivity contribution in [2.45, 2.75) is 96.9 Å². The lowest BCUT2D eigenvalue weighted by atomic mass is 10.1. The van der Waals surface area contributed by atoms with Gasteiger partial charge in [0.15, 0.2) is 6.23 Å². The second kappa shape index (κ2) is 15.6. The molecule has 1 aromatic carbocycles. The van der Waals surface area contributed by atoms with Crippen LogP contribution >= 0.6 is 0 Å². The van der Waals surface area contributed by atoms with E-state index in [0.29, 0.717) is 17.7 Å². The van der Waals surface area contributed by atoms with Gasteiger partial charge in [0.1, 0.15) is 17.4 Å². The quantitative estimate of drug-likeness (QED) is 0.184. The summed E-state index contributed by atoms with van der Waals surface area (Å²) in [5.74, 6) is -1.52. The van der Waals surface area contributed by atoms with Crippen LogP contribution in [0.4, 0.5) is 4.79 Å². The van der Waals surface area contributed by atoms with Crippen molar-refractivity contribution >= 4 is 23.9 Å². The number of carbonyl (C=O) groups excluding carboxylic acids is 3. The number of aliphatic carboxylic acids is 1. The largest absolute Gasteiger partial charge is 0.480 e. The van der Waals surface area contributed by atoms with Crippen molar-refractivity contribution in [2.75, 3.05) is 7.11 Å². The predicted octanol–water partition coefficient (Wildman–Crippen LogP) is 3.95. The maximum absolute atomic E-state index is 12.2. The highest BCUT2D eigenvalue weighted by molar-refractivity contribution is 5.84. The minimum Gasteiger partial charge on any atom is -0.480 e. The Balaban J connectivity index is 2.72. The lowest BCUT2D eigenvalue weighted by Gasteiger charge is -2.24. The normalized spacial score (nSPS) is 12.7. The summed E-state index contributed by atoms with van der Waals surface area (Å²) >= 11 is 0. The Kier molecular flexibility index (Phi) is 13.4. The Labute approximate surface area is 213 Å². The number of esters is 1. The van der Waals surface area contributed by atoms with Crippen LogP contribution < -0.4 is 15.4 Å². The van der Waals surface area contributed by atoms with Gasteiger partial charge in [0.2, 0.25) is 5.91 Å². The molecule has 0 heterocycles. The van der Waals surface area contributed by atoms with Crippen LogP contribution in [0.25, 0.3) is 0 Å². The van der Waals surface area contributed by atoms with Crippen LogP contribution in [0, 0.1) is 0 Å². The molecule has 1 rings (SSSR count). The predicted molar refractivity (Wildman–Crippen MR) is 134 cm³/mol. The van der Waals surface area contributed by atoms with Gasteiger partial charge in [-0.2, -0.15) is 0 Å². The number of hydrogen-bond acceptors (Lipinski definition) is 7. The zero-order chi connectivity index (χ0) is 27.1. The van der Waals surface area contributed by atoms with Gasteiger partial charge < -0.3 is 24.6 Å². The van der Waals surface area contributed by atoms with E-state index in [4.69, 9.17) is 9.47 Å². The molecule has 2 amide bonds. The summed E-state index contributed by atoms with van der Waals surface area (Å²) < 4.78 is 15.8. The highest BCUT2D eigenvalue weighted by atomic mass is 16.6. The lowest BCUT2D eigenvalue weighted by Crippen LogP contribution is -2.42. The Morgan fingerprint density at radius 1 is 0.972 bits per heavy atom. The van der Waals surface area contributed by atoms with Crippen molar-refractivity contribution in [3.8, 4) is 5.75 Å². The maximum Gasteiger partial charge on any atom is 0.410 e. The van der Waals surface area contributed by atoms with E-state index in [1.807, 2.05) is 0 Å². The minimum absolute atomic E-state index is 0.0235. The molecule has 3 N–H and O–H groups in total. The van der Waals surface area contributed by atoms with E-state index in [9.17, 15) is 24.3 Å². The number of carbonyl (C=O) groups is 4. The van der Waals surface area contributed by atoms with Crippen molar-refractivity contribution in [2.24, 2.45) is 0 Å². The summed E-state index contributed by atoms with van der Waals surface area (Å²) in [7, 11) is 1.27. The van der Waals surface area contributed by atoms with E-state index in [1.54, 1.807) is 45.0 Å². The molecule has 0 bridgehead atoms. The van der Waals surface area contributed by atoms with Gasteiger partial charge in [0, 0.05) is 25.7 Å². The molecule has 10 nitrogen and oxygen atoms in total. The van der Waals surface area contributed by atoms with Gasteiger partial charge in [0.25, 0.3) is 0 Å². The minimum atomic E-state index is -1.16. The fraction of sp³-hybridized carbons (Fsp3) is 0.615. The fourth-order valence-corrected chi connectivity index (χ4v) is 3.25. The van der Waals surface area contributed by atoms with Crippen LogP contribution in [0.1, 0.15) is 78.2 Å². The fourth-order valence-electron chi connectivity index (χ4n) is 3.25. The molecule has 0 aliphatic carbocycles. The standard InChI is InChI=1S/C26H40N2O8/c1-6-7-8-11-22(28-25(33)36-26(2,3)4)35-19-15-13-18(14-16-19)17-20(24(31)32)27-21(29)10-9-12-23(30)34-5/h13-16,20,22H,6-12,17H2,1-5H3,(H,27,29)(H,28,33)(H,31,32). The molecular weight excluding hydrogens is 468 g/mol. The van der Waals surface area contributed by atoms with Crippen molar-refractivity contribution in [3.05, 3.63) is 29.8 Å². The van der Waals surface area contributed by atoms with Gasteiger partial charge in [-0.15, -0.1) is 0 Å². The molecule has 10 heteroatoms. The number of carboxylic acid groups (broad SMARTS) is 1. The van der Waals surface area contributed by atoms with E-state index < -0.39 is 41.8 Å². The average Bonchev–Trinajstić information content (AvgIpc) is 2.78. The first-order chi connectivity index (χ1) is 16.9. The molecule has 0 aliphatic heterocycles. The molecule has 0 radical (unpaired) electrons. The second-order valence-electron chi connectivity index (χ2n) is 9.48. The first kappa shape index (κ1) is 30.7. The molecule has 2 atom stereocenters. The van der Waals surface area contributed by atoms with Crippen molar-refractivity contribution < 1.29 is 38.5 Å². The highest BCUT2D eigenvalue weighted by Crippen LogP contribution is 2.17. The molecule has 0 saturated carbocycles. The van der Waals surface area contributed by atoms with Crippen LogP contribution in [-0.4, -0.2) is 54.0 Å². The molecule has 36 heavy (non-hydrogen) atoms. The Hall–Kier alpha value is -3.30. The SMILES string of the molecule is CCCCCC(NC(=O)OC(C)(C)C)Oc1ccc(CC(NC(=O)CCCC(=O)OC)C(=O)O)cc1. The van der Waals surface area contributed by atoms with Gasteiger partial charge >= 0.3 is 18.0 Å². The van der Waals surface area contributed by atoms with E-state index >= 15 is 0 Å².